The van der Waals surface area contributed by atoms with Crippen LogP contribution in [0.15, 0.2) is 36.4 Å². The lowest BCUT2D eigenvalue weighted by Gasteiger charge is -2.12. The molecule has 0 heterocycles. The number of fused-ring (bicyclic) bond motifs is 1. The molecule has 2 rings (SSSR count). The summed E-state index contributed by atoms with van der Waals surface area (Å²) in [5, 5.41) is 2.53. The van der Waals surface area contributed by atoms with Crippen molar-refractivity contribution < 1.29 is 0 Å². The SMILES string of the molecule is CCC(CC)Cc1[c]c2ccccc2cc1. The van der Waals surface area contributed by atoms with Crippen molar-refractivity contribution in [1.82, 2.24) is 0 Å². The Morgan fingerprint density at radius 2 is 1.75 bits per heavy atom. The van der Waals surface area contributed by atoms with Gasteiger partial charge in [0.2, 0.25) is 0 Å². The zero-order chi connectivity index (χ0) is 11.4. The normalized spacial score (nSPS) is 11.2. The van der Waals surface area contributed by atoms with Crippen LogP contribution in [0.5, 0.6) is 0 Å². The maximum atomic E-state index is 3.53. The van der Waals surface area contributed by atoms with Crippen molar-refractivity contribution in [2.24, 2.45) is 5.92 Å². The first kappa shape index (κ1) is 11.2. The Hall–Kier alpha value is -1.30. The highest BCUT2D eigenvalue weighted by Crippen LogP contribution is 2.19. The topological polar surface area (TPSA) is 0 Å². The largest absolute Gasteiger partial charge is 0.0651 e. The van der Waals surface area contributed by atoms with Gasteiger partial charge in [0, 0.05) is 0 Å². The van der Waals surface area contributed by atoms with Gasteiger partial charge in [0.25, 0.3) is 0 Å². The maximum absolute atomic E-state index is 3.53. The average molecular weight is 211 g/mol. The summed E-state index contributed by atoms with van der Waals surface area (Å²) in [7, 11) is 0. The number of rotatable bonds is 4. The zero-order valence-corrected chi connectivity index (χ0v) is 10.2. The molecule has 0 spiro atoms. The summed E-state index contributed by atoms with van der Waals surface area (Å²) >= 11 is 0. The van der Waals surface area contributed by atoms with Crippen LogP contribution in [-0.4, -0.2) is 0 Å². The predicted octanol–water partition coefficient (Wildman–Crippen LogP) is 4.62. The smallest absolute Gasteiger partial charge is 0.00642 e. The summed E-state index contributed by atoms with van der Waals surface area (Å²) in [6, 6.07) is 16.4. The van der Waals surface area contributed by atoms with Gasteiger partial charge >= 0.3 is 0 Å². The molecule has 0 amide bonds. The van der Waals surface area contributed by atoms with Gasteiger partial charge in [-0.05, 0) is 34.7 Å². The van der Waals surface area contributed by atoms with Gasteiger partial charge in [0.15, 0.2) is 0 Å². The van der Waals surface area contributed by atoms with Crippen molar-refractivity contribution >= 4 is 10.8 Å². The van der Waals surface area contributed by atoms with Gasteiger partial charge in [-0.2, -0.15) is 0 Å². The van der Waals surface area contributed by atoms with Gasteiger partial charge in [0.1, 0.15) is 0 Å². The molecule has 0 nitrogen and oxygen atoms in total. The molecule has 0 saturated carbocycles. The van der Waals surface area contributed by atoms with Crippen LogP contribution in [0.1, 0.15) is 32.3 Å². The van der Waals surface area contributed by atoms with Crippen LogP contribution in [-0.2, 0) is 6.42 Å². The third-order valence-electron chi connectivity index (χ3n) is 3.38. The lowest BCUT2D eigenvalue weighted by Crippen LogP contribution is -2.01. The zero-order valence-electron chi connectivity index (χ0n) is 10.2. The molecule has 0 fully saturated rings. The van der Waals surface area contributed by atoms with Crippen LogP contribution in [0, 0.1) is 12.0 Å². The van der Waals surface area contributed by atoms with Gasteiger partial charge in [0.05, 0.1) is 0 Å². The number of hydrogen-bond acceptors (Lipinski definition) is 0. The Morgan fingerprint density at radius 1 is 1.00 bits per heavy atom. The van der Waals surface area contributed by atoms with Gasteiger partial charge in [-0.3, -0.25) is 0 Å². The second-order valence-electron chi connectivity index (χ2n) is 4.46. The Bertz CT molecular complexity index is 452. The first-order chi connectivity index (χ1) is 7.83. The third kappa shape index (κ3) is 2.44. The van der Waals surface area contributed by atoms with E-state index >= 15 is 0 Å². The molecule has 0 atom stereocenters. The second kappa shape index (κ2) is 5.16. The van der Waals surface area contributed by atoms with Crippen molar-refractivity contribution in [1.29, 1.82) is 0 Å². The molecule has 0 bridgehead atoms. The van der Waals surface area contributed by atoms with E-state index in [1.54, 1.807) is 0 Å². The second-order valence-corrected chi connectivity index (χ2v) is 4.46. The van der Waals surface area contributed by atoms with Gasteiger partial charge in [-0.1, -0.05) is 63.1 Å². The van der Waals surface area contributed by atoms with Crippen molar-refractivity contribution in [2.75, 3.05) is 0 Å². The van der Waals surface area contributed by atoms with Gasteiger partial charge < -0.3 is 0 Å². The lowest BCUT2D eigenvalue weighted by atomic mass is 9.93. The Morgan fingerprint density at radius 3 is 2.50 bits per heavy atom. The van der Waals surface area contributed by atoms with E-state index in [0.717, 1.165) is 12.3 Å². The molecular weight excluding hydrogens is 192 g/mol. The molecule has 2 aromatic carbocycles. The molecule has 0 aliphatic rings. The van der Waals surface area contributed by atoms with Gasteiger partial charge in [-0.25, -0.2) is 0 Å². The molecule has 0 unspecified atom stereocenters. The van der Waals surface area contributed by atoms with Crippen LogP contribution in [0.25, 0.3) is 10.8 Å². The summed E-state index contributed by atoms with van der Waals surface area (Å²) in [5.74, 6) is 0.803. The van der Waals surface area contributed by atoms with Crippen LogP contribution in [0.4, 0.5) is 0 Å². The summed E-state index contributed by atoms with van der Waals surface area (Å²) < 4.78 is 0. The Kier molecular flexibility index (Phi) is 3.61. The van der Waals surface area contributed by atoms with Gasteiger partial charge in [-0.15, -0.1) is 0 Å². The van der Waals surface area contributed by atoms with Crippen molar-refractivity contribution in [3.63, 3.8) is 0 Å². The minimum Gasteiger partial charge on any atom is -0.0651 e. The standard InChI is InChI=1S/C16H19/c1-3-13(4-2)11-14-9-10-15-7-5-6-8-16(15)12-14/h5-10,13H,3-4,11H2,1-2H3. The molecule has 0 aliphatic heterocycles. The molecule has 0 saturated heterocycles. The third-order valence-corrected chi connectivity index (χ3v) is 3.38. The Balaban J connectivity index is 2.25. The monoisotopic (exact) mass is 211 g/mol. The minimum absolute atomic E-state index is 0.803. The molecule has 1 radical (unpaired) electrons. The van der Waals surface area contributed by atoms with E-state index in [-0.39, 0.29) is 0 Å². The molecule has 0 heteroatoms. The van der Waals surface area contributed by atoms with E-state index in [2.05, 4.69) is 56.3 Å². The van der Waals surface area contributed by atoms with Crippen molar-refractivity contribution in [2.45, 2.75) is 33.1 Å². The molecule has 83 valence electrons. The lowest BCUT2D eigenvalue weighted by molar-refractivity contribution is 0.490. The molecule has 16 heavy (non-hydrogen) atoms. The number of hydrogen-bond donors (Lipinski definition) is 0. The summed E-state index contributed by atoms with van der Waals surface area (Å²) in [6.45, 7) is 4.55. The fraction of sp³-hybridized carbons (Fsp3) is 0.375. The molecule has 0 aliphatic carbocycles. The minimum atomic E-state index is 0.803. The molecule has 0 N–H and O–H groups in total. The van der Waals surface area contributed by atoms with E-state index in [0.29, 0.717) is 0 Å². The fourth-order valence-corrected chi connectivity index (χ4v) is 2.17. The van der Waals surface area contributed by atoms with Crippen molar-refractivity contribution in [3.8, 4) is 0 Å². The van der Waals surface area contributed by atoms with E-state index < -0.39 is 0 Å². The summed E-state index contributed by atoms with van der Waals surface area (Å²) in [4.78, 5) is 0. The molecular formula is C16H19. The molecule has 2 aromatic rings. The predicted molar refractivity (Wildman–Crippen MR) is 70.6 cm³/mol. The van der Waals surface area contributed by atoms with E-state index in [9.17, 15) is 0 Å². The highest BCUT2D eigenvalue weighted by molar-refractivity contribution is 5.82. The maximum Gasteiger partial charge on any atom is -0.00642 e. The van der Waals surface area contributed by atoms with E-state index in [1.807, 2.05) is 0 Å². The van der Waals surface area contributed by atoms with Crippen LogP contribution >= 0.6 is 0 Å². The fourth-order valence-electron chi connectivity index (χ4n) is 2.17. The van der Waals surface area contributed by atoms with Crippen LogP contribution in [0.2, 0.25) is 0 Å². The quantitative estimate of drug-likeness (QED) is 0.692. The number of benzene rings is 2. The summed E-state index contributed by atoms with van der Waals surface area (Å²) in [6.07, 6.45) is 3.69. The first-order valence-electron chi connectivity index (χ1n) is 6.23. The average Bonchev–Trinajstić information content (AvgIpc) is 2.35. The molecule has 0 aromatic heterocycles. The Labute approximate surface area is 98.3 Å². The highest BCUT2D eigenvalue weighted by atomic mass is 14.1. The van der Waals surface area contributed by atoms with E-state index in [1.165, 1.54) is 29.2 Å². The highest BCUT2D eigenvalue weighted by Gasteiger charge is 2.05. The van der Waals surface area contributed by atoms with Crippen LogP contribution < -0.4 is 0 Å². The van der Waals surface area contributed by atoms with E-state index in [4.69, 9.17) is 0 Å². The van der Waals surface area contributed by atoms with Crippen molar-refractivity contribution in [3.05, 3.63) is 48.0 Å². The summed E-state index contributed by atoms with van der Waals surface area (Å²) in [5.41, 5.74) is 1.35. The first-order valence-corrected chi connectivity index (χ1v) is 6.23. The van der Waals surface area contributed by atoms with Crippen LogP contribution in [0.3, 0.4) is 0 Å².